The quantitative estimate of drug-likeness (QED) is 0.806. The van der Waals surface area contributed by atoms with Crippen LogP contribution in [0.4, 0.5) is 5.82 Å². The number of hydrogen-bond donors (Lipinski definition) is 2. The number of nitrogens with one attached hydrogen (secondary N) is 2. The highest BCUT2D eigenvalue weighted by Gasteiger charge is 2.14. The normalized spacial score (nSPS) is 15.1. The van der Waals surface area contributed by atoms with Crippen molar-refractivity contribution in [3.05, 3.63) is 36.0 Å². The van der Waals surface area contributed by atoms with Gasteiger partial charge in [0.2, 0.25) is 0 Å². The SMILES string of the molecule is COCc1cc(NCC2CCNCC2)nc(-c2ccc(OC)cc2)n1. The van der Waals surface area contributed by atoms with Crippen molar-refractivity contribution in [3.8, 4) is 17.1 Å². The maximum Gasteiger partial charge on any atom is 0.161 e. The number of benzene rings is 1. The fraction of sp³-hybridized carbons (Fsp3) is 0.474. The second-order valence-corrected chi connectivity index (χ2v) is 6.30. The summed E-state index contributed by atoms with van der Waals surface area (Å²) < 4.78 is 10.5. The van der Waals surface area contributed by atoms with Crippen LogP contribution < -0.4 is 15.4 Å². The molecule has 1 aromatic heterocycles. The molecule has 134 valence electrons. The van der Waals surface area contributed by atoms with Crippen molar-refractivity contribution in [2.75, 3.05) is 39.2 Å². The van der Waals surface area contributed by atoms with Crippen LogP contribution in [0.2, 0.25) is 0 Å². The number of ether oxygens (including phenoxy) is 2. The Kier molecular flexibility index (Phi) is 6.19. The summed E-state index contributed by atoms with van der Waals surface area (Å²) in [6.45, 7) is 3.60. The number of anilines is 1. The molecule has 1 aliphatic heterocycles. The largest absolute Gasteiger partial charge is 0.497 e. The van der Waals surface area contributed by atoms with Crippen LogP contribution in [0.5, 0.6) is 5.75 Å². The monoisotopic (exact) mass is 342 g/mol. The Morgan fingerprint density at radius 1 is 1.12 bits per heavy atom. The van der Waals surface area contributed by atoms with Gasteiger partial charge in [0, 0.05) is 25.3 Å². The van der Waals surface area contributed by atoms with Crippen molar-refractivity contribution < 1.29 is 9.47 Å². The minimum Gasteiger partial charge on any atom is -0.497 e. The van der Waals surface area contributed by atoms with Crippen LogP contribution in [0, 0.1) is 5.92 Å². The summed E-state index contributed by atoms with van der Waals surface area (Å²) in [5.41, 5.74) is 1.83. The highest BCUT2D eigenvalue weighted by Crippen LogP contribution is 2.22. The molecule has 1 aliphatic rings. The standard InChI is InChI=1S/C19H26N4O2/c1-24-13-16-11-18(21-12-14-7-9-20-10-8-14)23-19(22-16)15-3-5-17(25-2)6-4-15/h3-6,11,14,20H,7-10,12-13H2,1-2H3,(H,21,22,23). The second-order valence-electron chi connectivity index (χ2n) is 6.30. The summed E-state index contributed by atoms with van der Waals surface area (Å²) in [5.74, 6) is 3.06. The van der Waals surface area contributed by atoms with Gasteiger partial charge in [-0.15, -0.1) is 0 Å². The van der Waals surface area contributed by atoms with Crippen LogP contribution in [0.3, 0.4) is 0 Å². The molecule has 0 radical (unpaired) electrons. The van der Waals surface area contributed by atoms with Gasteiger partial charge < -0.3 is 20.1 Å². The topological polar surface area (TPSA) is 68.3 Å². The molecule has 3 rings (SSSR count). The van der Waals surface area contributed by atoms with Gasteiger partial charge in [0.25, 0.3) is 0 Å². The third-order valence-electron chi connectivity index (χ3n) is 4.45. The van der Waals surface area contributed by atoms with Crippen LogP contribution in [0.25, 0.3) is 11.4 Å². The lowest BCUT2D eigenvalue weighted by Gasteiger charge is -2.23. The maximum absolute atomic E-state index is 5.26. The molecule has 2 N–H and O–H groups in total. The Balaban J connectivity index is 1.77. The second kappa shape index (κ2) is 8.78. The van der Waals surface area contributed by atoms with E-state index < -0.39 is 0 Å². The third kappa shape index (κ3) is 4.90. The van der Waals surface area contributed by atoms with Gasteiger partial charge in [-0.2, -0.15) is 0 Å². The zero-order valence-corrected chi connectivity index (χ0v) is 14.9. The first-order valence-corrected chi connectivity index (χ1v) is 8.74. The number of nitrogens with zero attached hydrogens (tertiary/aromatic N) is 2. The molecule has 0 bridgehead atoms. The highest BCUT2D eigenvalue weighted by molar-refractivity contribution is 5.58. The summed E-state index contributed by atoms with van der Waals surface area (Å²) in [7, 11) is 3.34. The molecule has 25 heavy (non-hydrogen) atoms. The van der Waals surface area contributed by atoms with Crippen molar-refractivity contribution in [3.63, 3.8) is 0 Å². The van der Waals surface area contributed by atoms with Gasteiger partial charge in [0.1, 0.15) is 11.6 Å². The lowest BCUT2D eigenvalue weighted by atomic mass is 9.98. The molecule has 6 nitrogen and oxygen atoms in total. The van der Waals surface area contributed by atoms with E-state index in [1.165, 1.54) is 12.8 Å². The molecule has 0 amide bonds. The zero-order valence-electron chi connectivity index (χ0n) is 14.9. The summed E-state index contributed by atoms with van der Waals surface area (Å²) in [4.78, 5) is 9.31. The minimum absolute atomic E-state index is 0.466. The minimum atomic E-state index is 0.466. The highest BCUT2D eigenvalue weighted by atomic mass is 16.5. The zero-order chi connectivity index (χ0) is 17.5. The van der Waals surface area contributed by atoms with Crippen LogP contribution in [-0.4, -0.2) is 43.8 Å². The van der Waals surface area contributed by atoms with Gasteiger partial charge in [0.15, 0.2) is 5.82 Å². The predicted octanol–water partition coefficient (Wildman–Crippen LogP) is 2.71. The molecule has 2 aromatic rings. The number of methoxy groups -OCH3 is 2. The number of rotatable bonds is 7. The van der Waals surface area contributed by atoms with Gasteiger partial charge in [-0.3, -0.25) is 0 Å². The van der Waals surface area contributed by atoms with E-state index in [1.807, 2.05) is 30.3 Å². The van der Waals surface area contributed by atoms with Crippen LogP contribution in [-0.2, 0) is 11.3 Å². The molecular formula is C19H26N4O2. The molecule has 0 saturated carbocycles. The van der Waals surface area contributed by atoms with Gasteiger partial charge in [-0.1, -0.05) is 0 Å². The van der Waals surface area contributed by atoms with Crippen LogP contribution in [0.15, 0.2) is 30.3 Å². The van der Waals surface area contributed by atoms with Crippen LogP contribution in [0.1, 0.15) is 18.5 Å². The van der Waals surface area contributed by atoms with Crippen molar-refractivity contribution in [1.82, 2.24) is 15.3 Å². The fourth-order valence-electron chi connectivity index (χ4n) is 3.01. The van der Waals surface area contributed by atoms with E-state index in [9.17, 15) is 0 Å². The Morgan fingerprint density at radius 3 is 2.56 bits per heavy atom. The van der Waals surface area contributed by atoms with Gasteiger partial charge in [-0.25, -0.2) is 9.97 Å². The van der Waals surface area contributed by atoms with Crippen molar-refractivity contribution >= 4 is 5.82 Å². The first-order valence-electron chi connectivity index (χ1n) is 8.74. The Bertz CT molecular complexity index is 670. The molecule has 1 fully saturated rings. The number of aromatic nitrogens is 2. The lowest BCUT2D eigenvalue weighted by Crippen LogP contribution is -2.31. The first-order chi connectivity index (χ1) is 12.3. The Hall–Kier alpha value is -2.18. The summed E-state index contributed by atoms with van der Waals surface area (Å²) in [6.07, 6.45) is 2.41. The van der Waals surface area contributed by atoms with E-state index in [0.717, 1.165) is 42.5 Å². The van der Waals surface area contributed by atoms with E-state index >= 15 is 0 Å². The summed E-state index contributed by atoms with van der Waals surface area (Å²) >= 11 is 0. The summed E-state index contributed by atoms with van der Waals surface area (Å²) in [5, 5.41) is 6.89. The first kappa shape index (κ1) is 17.6. The number of hydrogen-bond acceptors (Lipinski definition) is 6. The van der Waals surface area contributed by atoms with Crippen molar-refractivity contribution in [2.45, 2.75) is 19.4 Å². The van der Waals surface area contributed by atoms with Gasteiger partial charge in [0.05, 0.1) is 19.4 Å². The molecule has 0 aliphatic carbocycles. The molecule has 1 aromatic carbocycles. The molecular weight excluding hydrogens is 316 g/mol. The smallest absolute Gasteiger partial charge is 0.161 e. The molecule has 6 heteroatoms. The molecule has 2 heterocycles. The molecule has 0 unspecified atom stereocenters. The predicted molar refractivity (Wildman–Crippen MR) is 98.8 cm³/mol. The molecule has 0 atom stereocenters. The number of piperidine rings is 1. The van der Waals surface area contributed by atoms with Crippen molar-refractivity contribution in [1.29, 1.82) is 0 Å². The summed E-state index contributed by atoms with van der Waals surface area (Å²) in [6, 6.07) is 9.76. The molecule has 0 spiro atoms. The van der Waals surface area contributed by atoms with E-state index in [0.29, 0.717) is 18.3 Å². The average Bonchev–Trinajstić information content (AvgIpc) is 2.67. The van der Waals surface area contributed by atoms with E-state index in [1.54, 1.807) is 14.2 Å². The van der Waals surface area contributed by atoms with Crippen molar-refractivity contribution in [2.24, 2.45) is 5.92 Å². The van der Waals surface area contributed by atoms with E-state index in [4.69, 9.17) is 14.5 Å². The molecule has 1 saturated heterocycles. The van der Waals surface area contributed by atoms with E-state index in [-0.39, 0.29) is 0 Å². The van der Waals surface area contributed by atoms with Crippen LogP contribution >= 0.6 is 0 Å². The van der Waals surface area contributed by atoms with Gasteiger partial charge >= 0.3 is 0 Å². The fourth-order valence-corrected chi connectivity index (χ4v) is 3.01. The Morgan fingerprint density at radius 2 is 1.88 bits per heavy atom. The lowest BCUT2D eigenvalue weighted by molar-refractivity contribution is 0.181. The Labute approximate surface area is 149 Å². The average molecular weight is 342 g/mol. The van der Waals surface area contributed by atoms with E-state index in [2.05, 4.69) is 15.6 Å². The third-order valence-corrected chi connectivity index (χ3v) is 4.45. The van der Waals surface area contributed by atoms with Gasteiger partial charge in [-0.05, 0) is 56.1 Å². The maximum atomic E-state index is 5.26.